The van der Waals surface area contributed by atoms with Crippen molar-refractivity contribution in [2.45, 2.75) is 19.8 Å². The van der Waals surface area contributed by atoms with Crippen molar-refractivity contribution in [2.24, 2.45) is 0 Å². The molecule has 0 spiro atoms. The van der Waals surface area contributed by atoms with Gasteiger partial charge in [0.15, 0.2) is 0 Å². The summed E-state index contributed by atoms with van der Waals surface area (Å²) in [5, 5.41) is 20.6. The second-order valence-electron chi connectivity index (χ2n) is 7.44. The summed E-state index contributed by atoms with van der Waals surface area (Å²) >= 11 is 0. The molecular formula is C24H19NO3. The van der Waals surface area contributed by atoms with E-state index in [0.29, 0.717) is 0 Å². The van der Waals surface area contributed by atoms with Crippen LogP contribution in [0.25, 0.3) is 33.3 Å². The van der Waals surface area contributed by atoms with Crippen molar-refractivity contribution in [3.8, 4) is 28.1 Å². The van der Waals surface area contributed by atoms with Gasteiger partial charge in [-0.05, 0) is 66.3 Å². The second kappa shape index (κ2) is 5.99. The number of carboxylic acids is 1. The van der Waals surface area contributed by atoms with Gasteiger partial charge in [-0.2, -0.15) is 0 Å². The standard InChI is InChI=1S/C24H19NO3/c1-13-2-4-14(5-3-13)15-7-9-21-19(10-15)17-8-6-16-11-20(24(27)28)22(26)12-18(16)23(17)25-21/h2-5,7,9-12,25-26H,6,8H2,1H3,(H,27,28). The lowest BCUT2D eigenvalue weighted by Gasteiger charge is -2.18. The van der Waals surface area contributed by atoms with Crippen LogP contribution < -0.4 is 0 Å². The molecule has 0 saturated heterocycles. The maximum Gasteiger partial charge on any atom is 0.339 e. The number of aromatic hydroxyl groups is 1. The molecule has 4 aromatic rings. The fourth-order valence-electron chi connectivity index (χ4n) is 4.17. The van der Waals surface area contributed by atoms with Crippen LogP contribution in [-0.2, 0) is 12.8 Å². The first-order valence-electron chi connectivity index (χ1n) is 9.32. The third kappa shape index (κ3) is 2.49. The third-order valence-electron chi connectivity index (χ3n) is 5.66. The number of phenols is 1. The number of H-pyrrole nitrogens is 1. The van der Waals surface area contributed by atoms with Gasteiger partial charge in [-0.25, -0.2) is 4.79 Å². The molecule has 3 aromatic carbocycles. The lowest BCUT2D eigenvalue weighted by Crippen LogP contribution is -2.06. The molecule has 5 rings (SSSR count). The number of benzene rings is 3. The quantitative estimate of drug-likeness (QED) is 0.448. The second-order valence-corrected chi connectivity index (χ2v) is 7.44. The number of aryl methyl sites for hydroxylation is 3. The summed E-state index contributed by atoms with van der Waals surface area (Å²) in [4.78, 5) is 14.8. The summed E-state index contributed by atoms with van der Waals surface area (Å²) in [5.41, 5.74) is 8.64. The molecule has 1 aromatic heterocycles. The van der Waals surface area contributed by atoms with Gasteiger partial charge in [-0.1, -0.05) is 35.9 Å². The van der Waals surface area contributed by atoms with Crippen molar-refractivity contribution in [1.29, 1.82) is 0 Å². The van der Waals surface area contributed by atoms with E-state index in [2.05, 4.69) is 54.4 Å². The van der Waals surface area contributed by atoms with E-state index in [1.54, 1.807) is 12.1 Å². The number of nitrogens with one attached hydrogen (secondary N) is 1. The smallest absolute Gasteiger partial charge is 0.339 e. The van der Waals surface area contributed by atoms with Crippen LogP contribution in [0.15, 0.2) is 54.6 Å². The van der Waals surface area contributed by atoms with Crippen LogP contribution in [0.1, 0.15) is 27.0 Å². The zero-order chi connectivity index (χ0) is 19.4. The van der Waals surface area contributed by atoms with E-state index < -0.39 is 5.97 Å². The molecule has 138 valence electrons. The highest BCUT2D eigenvalue weighted by Gasteiger charge is 2.24. The zero-order valence-corrected chi connectivity index (χ0v) is 15.4. The first-order chi connectivity index (χ1) is 13.5. The SMILES string of the molecule is Cc1ccc(-c2ccc3[nH]c4c(c3c2)CCc2cc(C(=O)O)c(O)cc2-4)cc1. The lowest BCUT2D eigenvalue weighted by atomic mass is 9.87. The molecular weight excluding hydrogens is 350 g/mol. The number of fused-ring (bicyclic) bond motifs is 5. The van der Waals surface area contributed by atoms with Crippen molar-refractivity contribution in [3.63, 3.8) is 0 Å². The summed E-state index contributed by atoms with van der Waals surface area (Å²) < 4.78 is 0. The van der Waals surface area contributed by atoms with E-state index in [9.17, 15) is 15.0 Å². The number of hydrogen-bond donors (Lipinski definition) is 3. The molecule has 0 bridgehead atoms. The average Bonchev–Trinajstić information content (AvgIpc) is 3.06. The zero-order valence-electron chi connectivity index (χ0n) is 15.4. The monoisotopic (exact) mass is 369 g/mol. The van der Waals surface area contributed by atoms with E-state index >= 15 is 0 Å². The van der Waals surface area contributed by atoms with Gasteiger partial charge in [-0.15, -0.1) is 0 Å². The van der Waals surface area contributed by atoms with Gasteiger partial charge in [0.05, 0.1) is 5.69 Å². The van der Waals surface area contributed by atoms with Crippen molar-refractivity contribution >= 4 is 16.9 Å². The van der Waals surface area contributed by atoms with Crippen molar-refractivity contribution in [3.05, 3.63) is 76.9 Å². The van der Waals surface area contributed by atoms with Gasteiger partial charge in [0.1, 0.15) is 11.3 Å². The minimum Gasteiger partial charge on any atom is -0.507 e. The molecule has 1 aliphatic carbocycles. The number of aromatic nitrogens is 1. The summed E-state index contributed by atoms with van der Waals surface area (Å²) in [7, 11) is 0. The summed E-state index contributed by atoms with van der Waals surface area (Å²) in [6.07, 6.45) is 1.59. The number of aromatic amines is 1. The molecule has 0 atom stereocenters. The molecule has 1 aliphatic rings. The molecule has 0 saturated carbocycles. The maximum atomic E-state index is 11.3. The Hall–Kier alpha value is -3.53. The van der Waals surface area contributed by atoms with Gasteiger partial charge in [0.2, 0.25) is 0 Å². The van der Waals surface area contributed by atoms with Crippen molar-refractivity contribution in [1.82, 2.24) is 4.98 Å². The summed E-state index contributed by atoms with van der Waals surface area (Å²) in [6, 6.07) is 18.1. The van der Waals surface area contributed by atoms with Crippen molar-refractivity contribution in [2.75, 3.05) is 0 Å². The van der Waals surface area contributed by atoms with Crippen LogP contribution in [-0.4, -0.2) is 21.2 Å². The fourth-order valence-corrected chi connectivity index (χ4v) is 4.17. The highest BCUT2D eigenvalue weighted by Crippen LogP contribution is 2.41. The highest BCUT2D eigenvalue weighted by molar-refractivity contribution is 5.97. The number of carboxylic acid groups (broad SMARTS) is 1. The molecule has 28 heavy (non-hydrogen) atoms. The summed E-state index contributed by atoms with van der Waals surface area (Å²) in [5.74, 6) is -1.30. The molecule has 0 amide bonds. The van der Waals surface area contributed by atoms with Crippen LogP contribution in [0.4, 0.5) is 0 Å². The van der Waals surface area contributed by atoms with Gasteiger partial charge < -0.3 is 15.2 Å². The number of carbonyl (C=O) groups is 1. The molecule has 0 radical (unpaired) electrons. The molecule has 4 nitrogen and oxygen atoms in total. The van der Waals surface area contributed by atoms with Gasteiger partial charge >= 0.3 is 5.97 Å². The van der Waals surface area contributed by atoms with E-state index in [0.717, 1.165) is 35.2 Å². The van der Waals surface area contributed by atoms with Crippen LogP contribution >= 0.6 is 0 Å². The van der Waals surface area contributed by atoms with Crippen molar-refractivity contribution < 1.29 is 15.0 Å². The lowest BCUT2D eigenvalue weighted by molar-refractivity contribution is 0.0693. The Morgan fingerprint density at radius 3 is 2.46 bits per heavy atom. The number of aromatic carboxylic acids is 1. The Balaban J connectivity index is 1.67. The first kappa shape index (κ1) is 16.6. The van der Waals surface area contributed by atoms with Gasteiger partial charge in [0.25, 0.3) is 0 Å². The predicted molar refractivity (Wildman–Crippen MR) is 110 cm³/mol. The largest absolute Gasteiger partial charge is 0.507 e. The third-order valence-corrected chi connectivity index (χ3v) is 5.66. The molecule has 0 fully saturated rings. The van der Waals surface area contributed by atoms with E-state index in [-0.39, 0.29) is 11.3 Å². The van der Waals surface area contributed by atoms with Gasteiger partial charge in [0, 0.05) is 16.5 Å². The summed E-state index contributed by atoms with van der Waals surface area (Å²) in [6.45, 7) is 2.08. The average molecular weight is 369 g/mol. The van der Waals surface area contributed by atoms with Crippen LogP contribution in [0, 0.1) is 6.92 Å². The van der Waals surface area contributed by atoms with E-state index in [1.165, 1.54) is 27.6 Å². The minimum atomic E-state index is -1.11. The Morgan fingerprint density at radius 1 is 0.964 bits per heavy atom. The number of rotatable bonds is 2. The number of hydrogen-bond acceptors (Lipinski definition) is 2. The van der Waals surface area contributed by atoms with E-state index in [1.807, 2.05) is 0 Å². The Kier molecular flexibility index (Phi) is 3.56. The van der Waals surface area contributed by atoms with E-state index in [4.69, 9.17) is 0 Å². The predicted octanol–water partition coefficient (Wildman–Crippen LogP) is 5.31. The first-order valence-corrected chi connectivity index (χ1v) is 9.32. The minimum absolute atomic E-state index is 0.0417. The molecule has 3 N–H and O–H groups in total. The highest BCUT2D eigenvalue weighted by atomic mass is 16.4. The normalized spacial score (nSPS) is 12.6. The molecule has 1 heterocycles. The fraction of sp³-hybridized carbons (Fsp3) is 0.125. The van der Waals surface area contributed by atoms with Crippen LogP contribution in [0.3, 0.4) is 0 Å². The van der Waals surface area contributed by atoms with Gasteiger partial charge in [-0.3, -0.25) is 0 Å². The molecule has 4 heteroatoms. The molecule has 0 unspecified atom stereocenters. The maximum absolute atomic E-state index is 11.3. The Bertz CT molecular complexity index is 1250. The van der Waals surface area contributed by atoms with Crippen LogP contribution in [0.2, 0.25) is 0 Å². The van der Waals surface area contributed by atoms with Crippen LogP contribution in [0.5, 0.6) is 5.75 Å². The molecule has 0 aliphatic heterocycles. The Labute approximate surface area is 162 Å². The Morgan fingerprint density at radius 2 is 1.71 bits per heavy atom. The topological polar surface area (TPSA) is 73.3 Å².